The lowest BCUT2D eigenvalue weighted by molar-refractivity contribution is -0.115. The third kappa shape index (κ3) is 5.04. The number of nitrogens with two attached hydrogens (primary N) is 1. The molecule has 1 aromatic rings. The Morgan fingerprint density at radius 1 is 1.33 bits per heavy atom. The maximum atomic E-state index is 12.1. The molecular weight excluding hydrogens is 288 g/mol. The van der Waals surface area contributed by atoms with Gasteiger partial charge in [-0.3, -0.25) is 4.79 Å². The highest BCUT2D eigenvalue weighted by Crippen LogP contribution is 2.18. The summed E-state index contributed by atoms with van der Waals surface area (Å²) in [7, 11) is -3.41. The van der Waals surface area contributed by atoms with E-state index in [1.54, 1.807) is 18.2 Å². The number of rotatable bonds is 7. The third-order valence-electron chi connectivity index (χ3n) is 3.45. The standard InChI is InChI=1S/C15H24N2O3S/c1-4-5-6-9-21(19,20)12(3)15(18)17-14-8-7-13(16)10-11(14)2/h7-8,10,12H,4-6,9,16H2,1-3H3,(H,17,18). The molecule has 5 nitrogen and oxygen atoms in total. The fraction of sp³-hybridized carbons (Fsp3) is 0.533. The summed E-state index contributed by atoms with van der Waals surface area (Å²) >= 11 is 0. The Morgan fingerprint density at radius 2 is 2.00 bits per heavy atom. The van der Waals surface area contributed by atoms with Crippen molar-refractivity contribution in [1.82, 2.24) is 0 Å². The van der Waals surface area contributed by atoms with E-state index < -0.39 is 21.0 Å². The largest absolute Gasteiger partial charge is 0.399 e. The summed E-state index contributed by atoms with van der Waals surface area (Å²) in [5, 5.41) is 1.61. The van der Waals surface area contributed by atoms with Crippen molar-refractivity contribution in [3.8, 4) is 0 Å². The second-order valence-corrected chi connectivity index (χ2v) is 7.72. The van der Waals surface area contributed by atoms with Gasteiger partial charge in [-0.1, -0.05) is 19.8 Å². The first-order valence-electron chi connectivity index (χ1n) is 7.16. The summed E-state index contributed by atoms with van der Waals surface area (Å²) in [6.07, 6.45) is 2.39. The number of carbonyl (C=O) groups is 1. The molecule has 118 valence electrons. The number of carbonyl (C=O) groups excluding carboxylic acids is 1. The number of hydrogen-bond acceptors (Lipinski definition) is 4. The first-order valence-corrected chi connectivity index (χ1v) is 8.88. The molecule has 6 heteroatoms. The minimum atomic E-state index is -3.41. The predicted molar refractivity (Wildman–Crippen MR) is 87.0 cm³/mol. The average Bonchev–Trinajstić information content (AvgIpc) is 2.41. The van der Waals surface area contributed by atoms with Gasteiger partial charge in [0.25, 0.3) is 0 Å². The van der Waals surface area contributed by atoms with Gasteiger partial charge in [-0.05, 0) is 44.0 Å². The predicted octanol–water partition coefficient (Wildman–Crippen LogP) is 2.51. The zero-order valence-corrected chi connectivity index (χ0v) is 13.7. The van der Waals surface area contributed by atoms with Crippen molar-refractivity contribution in [3.63, 3.8) is 0 Å². The van der Waals surface area contributed by atoms with Gasteiger partial charge < -0.3 is 11.1 Å². The van der Waals surface area contributed by atoms with Crippen LogP contribution in [0.2, 0.25) is 0 Å². The maximum Gasteiger partial charge on any atom is 0.242 e. The van der Waals surface area contributed by atoms with E-state index in [-0.39, 0.29) is 5.75 Å². The van der Waals surface area contributed by atoms with Gasteiger partial charge in [0.05, 0.1) is 5.75 Å². The Kier molecular flexibility index (Phi) is 6.20. The Hall–Kier alpha value is -1.56. The van der Waals surface area contributed by atoms with E-state index >= 15 is 0 Å². The molecule has 21 heavy (non-hydrogen) atoms. The summed E-state index contributed by atoms with van der Waals surface area (Å²) < 4.78 is 24.2. The second-order valence-electron chi connectivity index (χ2n) is 5.28. The zero-order chi connectivity index (χ0) is 16.0. The highest BCUT2D eigenvalue weighted by atomic mass is 32.2. The van der Waals surface area contributed by atoms with Crippen LogP contribution < -0.4 is 11.1 Å². The van der Waals surface area contributed by atoms with Crippen LogP contribution in [0.3, 0.4) is 0 Å². The molecule has 0 spiro atoms. The third-order valence-corrected chi connectivity index (χ3v) is 5.60. The van der Waals surface area contributed by atoms with Crippen LogP contribution in [0.1, 0.15) is 38.7 Å². The van der Waals surface area contributed by atoms with Gasteiger partial charge >= 0.3 is 0 Å². The maximum absolute atomic E-state index is 12.1. The van der Waals surface area contributed by atoms with Crippen molar-refractivity contribution in [1.29, 1.82) is 0 Å². The summed E-state index contributed by atoms with van der Waals surface area (Å²) in [5.41, 5.74) is 7.64. The number of hydrogen-bond donors (Lipinski definition) is 2. The molecule has 0 radical (unpaired) electrons. The number of benzene rings is 1. The fourth-order valence-corrected chi connectivity index (χ4v) is 3.30. The highest BCUT2D eigenvalue weighted by molar-refractivity contribution is 7.92. The van der Waals surface area contributed by atoms with Crippen molar-refractivity contribution in [3.05, 3.63) is 23.8 Å². The van der Waals surface area contributed by atoms with Crippen molar-refractivity contribution in [2.75, 3.05) is 16.8 Å². The van der Waals surface area contributed by atoms with Crippen LogP contribution >= 0.6 is 0 Å². The molecule has 0 aromatic heterocycles. The van der Waals surface area contributed by atoms with E-state index in [1.165, 1.54) is 6.92 Å². The normalized spacial score (nSPS) is 12.9. The van der Waals surface area contributed by atoms with Crippen molar-refractivity contribution in [2.45, 2.75) is 45.3 Å². The van der Waals surface area contributed by atoms with Crippen LogP contribution in [0.5, 0.6) is 0 Å². The number of nitrogen functional groups attached to an aromatic ring is 1. The molecule has 0 aliphatic rings. The lowest BCUT2D eigenvalue weighted by atomic mass is 10.2. The van der Waals surface area contributed by atoms with Crippen molar-refractivity contribution >= 4 is 27.1 Å². The Morgan fingerprint density at radius 3 is 2.57 bits per heavy atom. The van der Waals surface area contributed by atoms with Crippen LogP contribution in [-0.2, 0) is 14.6 Å². The molecule has 0 bridgehead atoms. The van der Waals surface area contributed by atoms with Gasteiger partial charge in [0.2, 0.25) is 5.91 Å². The average molecular weight is 312 g/mol. The number of aryl methyl sites for hydroxylation is 1. The molecule has 1 amide bonds. The molecular formula is C15H24N2O3S. The molecule has 1 rings (SSSR count). The summed E-state index contributed by atoms with van der Waals surface area (Å²) in [5.74, 6) is -0.449. The first kappa shape index (κ1) is 17.5. The van der Waals surface area contributed by atoms with E-state index in [9.17, 15) is 13.2 Å². The number of sulfone groups is 1. The molecule has 1 atom stereocenters. The molecule has 0 heterocycles. The number of unbranched alkanes of at least 4 members (excludes halogenated alkanes) is 2. The zero-order valence-electron chi connectivity index (χ0n) is 12.8. The van der Waals surface area contributed by atoms with Crippen LogP contribution in [0.15, 0.2) is 18.2 Å². The number of amides is 1. The van der Waals surface area contributed by atoms with E-state index in [2.05, 4.69) is 5.32 Å². The van der Waals surface area contributed by atoms with Gasteiger partial charge in [0.1, 0.15) is 5.25 Å². The lowest BCUT2D eigenvalue weighted by Gasteiger charge is -2.14. The molecule has 0 aliphatic carbocycles. The van der Waals surface area contributed by atoms with Crippen molar-refractivity contribution < 1.29 is 13.2 Å². The summed E-state index contributed by atoms with van der Waals surface area (Å²) in [6, 6.07) is 5.08. The molecule has 0 aliphatic heterocycles. The van der Waals surface area contributed by atoms with Gasteiger partial charge in [0, 0.05) is 11.4 Å². The topological polar surface area (TPSA) is 89.3 Å². The van der Waals surface area contributed by atoms with Crippen molar-refractivity contribution in [2.24, 2.45) is 0 Å². The number of anilines is 2. The van der Waals surface area contributed by atoms with Gasteiger partial charge in [0.15, 0.2) is 9.84 Å². The number of nitrogens with one attached hydrogen (secondary N) is 1. The van der Waals surface area contributed by atoms with Crippen LogP contribution in [0.4, 0.5) is 11.4 Å². The second kappa shape index (κ2) is 7.45. The van der Waals surface area contributed by atoms with E-state index in [0.29, 0.717) is 17.8 Å². The van der Waals surface area contributed by atoms with Gasteiger partial charge in [-0.15, -0.1) is 0 Å². The smallest absolute Gasteiger partial charge is 0.242 e. The Bertz CT molecular complexity index is 597. The molecule has 1 unspecified atom stereocenters. The highest BCUT2D eigenvalue weighted by Gasteiger charge is 2.27. The minimum absolute atomic E-state index is 0.0517. The lowest BCUT2D eigenvalue weighted by Crippen LogP contribution is -2.34. The fourth-order valence-electron chi connectivity index (χ4n) is 1.95. The molecule has 1 aromatic carbocycles. The minimum Gasteiger partial charge on any atom is -0.399 e. The molecule has 0 saturated heterocycles. The van der Waals surface area contributed by atoms with Gasteiger partial charge in [-0.25, -0.2) is 8.42 Å². The van der Waals surface area contributed by atoms with Crippen LogP contribution in [-0.4, -0.2) is 25.3 Å². The molecule has 0 fully saturated rings. The molecule has 3 N–H and O–H groups in total. The summed E-state index contributed by atoms with van der Waals surface area (Å²) in [6.45, 7) is 5.25. The van der Waals surface area contributed by atoms with E-state index in [0.717, 1.165) is 18.4 Å². The Balaban J connectivity index is 2.74. The molecule has 0 saturated carbocycles. The van der Waals surface area contributed by atoms with Crippen LogP contribution in [0, 0.1) is 6.92 Å². The SMILES string of the molecule is CCCCCS(=O)(=O)C(C)C(=O)Nc1ccc(N)cc1C. The first-order chi connectivity index (χ1) is 9.77. The van der Waals surface area contributed by atoms with E-state index in [1.807, 2.05) is 13.8 Å². The van der Waals surface area contributed by atoms with Gasteiger partial charge in [-0.2, -0.15) is 0 Å². The monoisotopic (exact) mass is 312 g/mol. The summed E-state index contributed by atoms with van der Waals surface area (Å²) in [4.78, 5) is 12.1. The van der Waals surface area contributed by atoms with E-state index in [4.69, 9.17) is 5.73 Å². The Labute approximate surface area is 126 Å². The quantitative estimate of drug-likeness (QED) is 0.598. The van der Waals surface area contributed by atoms with Crippen LogP contribution in [0.25, 0.3) is 0 Å².